The molecule has 0 aromatic heterocycles. The van der Waals surface area contributed by atoms with Crippen molar-refractivity contribution in [1.82, 2.24) is 0 Å². The van der Waals surface area contributed by atoms with Gasteiger partial charge in [-0.3, -0.25) is 0 Å². The summed E-state index contributed by atoms with van der Waals surface area (Å²) >= 11 is 0. The van der Waals surface area contributed by atoms with Gasteiger partial charge in [-0.25, -0.2) is 0 Å². The highest BCUT2D eigenvalue weighted by Gasteiger charge is 1.98. The lowest BCUT2D eigenvalue weighted by Gasteiger charge is -2.06. The van der Waals surface area contributed by atoms with Gasteiger partial charge in [0.05, 0.1) is 12.5 Å². The smallest absolute Gasteiger partial charge is 0.0663 e. The van der Waals surface area contributed by atoms with E-state index in [-0.39, 0.29) is 0 Å². The fraction of sp³-hybridized carbons (Fsp3) is 0.417. The van der Waals surface area contributed by atoms with E-state index >= 15 is 0 Å². The Morgan fingerprint density at radius 1 is 1.31 bits per heavy atom. The van der Waals surface area contributed by atoms with E-state index in [9.17, 15) is 0 Å². The molecule has 0 N–H and O–H groups in total. The number of hydrogen-bond acceptors (Lipinski definition) is 1. The lowest BCUT2D eigenvalue weighted by molar-refractivity contribution is 0.608. The summed E-state index contributed by atoms with van der Waals surface area (Å²) in [6, 6.07) is 2.07. The summed E-state index contributed by atoms with van der Waals surface area (Å²) in [5.41, 5.74) is 0. The molecule has 0 aromatic rings. The summed E-state index contributed by atoms with van der Waals surface area (Å²) in [7, 11) is 0. The van der Waals surface area contributed by atoms with Crippen molar-refractivity contribution in [3.05, 3.63) is 37.5 Å². The first-order chi connectivity index (χ1) is 6.35. The van der Waals surface area contributed by atoms with Crippen molar-refractivity contribution in [3.8, 4) is 6.07 Å². The number of hydrogen-bond donors (Lipinski definition) is 0. The molecule has 0 fully saturated rings. The van der Waals surface area contributed by atoms with E-state index in [1.165, 1.54) is 0 Å². The van der Waals surface area contributed by atoms with E-state index in [1.807, 2.05) is 18.2 Å². The summed E-state index contributed by atoms with van der Waals surface area (Å²) < 4.78 is 0. The van der Waals surface area contributed by atoms with Crippen molar-refractivity contribution in [1.29, 1.82) is 5.26 Å². The van der Waals surface area contributed by atoms with Crippen molar-refractivity contribution in [2.24, 2.45) is 5.92 Å². The van der Waals surface area contributed by atoms with E-state index in [1.54, 1.807) is 0 Å². The maximum absolute atomic E-state index is 8.27. The van der Waals surface area contributed by atoms with Crippen molar-refractivity contribution >= 4 is 0 Å². The zero-order chi connectivity index (χ0) is 9.94. The minimum atomic E-state index is 0.514. The lowest BCUT2D eigenvalue weighted by Crippen LogP contribution is -1.92. The van der Waals surface area contributed by atoms with Crippen molar-refractivity contribution < 1.29 is 0 Å². The molecule has 1 atom stereocenters. The number of nitriles is 1. The van der Waals surface area contributed by atoms with E-state index < -0.39 is 0 Å². The van der Waals surface area contributed by atoms with Crippen molar-refractivity contribution in [2.75, 3.05) is 0 Å². The highest BCUT2D eigenvalue weighted by molar-refractivity contribution is 4.92. The second-order valence-corrected chi connectivity index (χ2v) is 2.93. The highest BCUT2D eigenvalue weighted by atomic mass is 14.2. The van der Waals surface area contributed by atoms with Crippen LogP contribution in [0, 0.1) is 17.2 Å². The predicted octanol–water partition coefficient (Wildman–Crippen LogP) is 3.61. The van der Waals surface area contributed by atoms with E-state index in [0.717, 1.165) is 19.3 Å². The fourth-order valence-corrected chi connectivity index (χ4v) is 1.11. The van der Waals surface area contributed by atoms with Crippen LogP contribution >= 0.6 is 0 Å². The van der Waals surface area contributed by atoms with Crippen LogP contribution in [0.3, 0.4) is 0 Å². The minimum Gasteiger partial charge on any atom is -0.198 e. The van der Waals surface area contributed by atoms with Gasteiger partial charge in [0.15, 0.2) is 0 Å². The Morgan fingerprint density at radius 3 is 2.62 bits per heavy atom. The maximum Gasteiger partial charge on any atom is 0.0663 e. The number of nitrogens with zero attached hydrogens (tertiary/aromatic N) is 1. The molecule has 0 radical (unpaired) electrons. The van der Waals surface area contributed by atoms with Gasteiger partial charge in [0.25, 0.3) is 0 Å². The second kappa shape index (κ2) is 8.80. The maximum atomic E-state index is 8.27. The molecule has 0 spiro atoms. The summed E-state index contributed by atoms with van der Waals surface area (Å²) in [6.45, 7) is 7.47. The Morgan fingerprint density at radius 2 is 2.08 bits per heavy atom. The SMILES string of the molecule is C=CCC(C=C)CC/C=C\CC#N. The minimum absolute atomic E-state index is 0.514. The molecular formula is C12H17N. The third kappa shape index (κ3) is 7.08. The van der Waals surface area contributed by atoms with Crippen LogP contribution in [-0.2, 0) is 0 Å². The Hall–Kier alpha value is -1.29. The van der Waals surface area contributed by atoms with Crippen molar-refractivity contribution in [2.45, 2.75) is 25.7 Å². The predicted molar refractivity (Wildman–Crippen MR) is 57.1 cm³/mol. The van der Waals surface area contributed by atoms with Crippen LogP contribution in [-0.4, -0.2) is 0 Å². The van der Waals surface area contributed by atoms with Crippen LogP contribution in [0.15, 0.2) is 37.5 Å². The number of allylic oxidation sites excluding steroid dienone is 4. The second-order valence-electron chi connectivity index (χ2n) is 2.93. The summed E-state index contributed by atoms with van der Waals surface area (Å²) in [4.78, 5) is 0. The van der Waals surface area contributed by atoms with E-state index in [4.69, 9.17) is 5.26 Å². The summed E-state index contributed by atoms with van der Waals surface area (Å²) in [5.74, 6) is 0.532. The van der Waals surface area contributed by atoms with Gasteiger partial charge in [-0.2, -0.15) is 5.26 Å². The molecular weight excluding hydrogens is 158 g/mol. The monoisotopic (exact) mass is 175 g/mol. The summed E-state index contributed by atoms with van der Waals surface area (Å²) in [5, 5.41) is 8.27. The quantitative estimate of drug-likeness (QED) is 0.542. The zero-order valence-corrected chi connectivity index (χ0v) is 8.08. The molecule has 0 amide bonds. The molecule has 1 nitrogen and oxygen atoms in total. The lowest BCUT2D eigenvalue weighted by atomic mass is 9.99. The molecule has 0 aliphatic heterocycles. The van der Waals surface area contributed by atoms with Gasteiger partial charge in [-0.05, 0) is 25.2 Å². The molecule has 0 aliphatic carbocycles. The third-order valence-electron chi connectivity index (χ3n) is 1.88. The van der Waals surface area contributed by atoms with Crippen LogP contribution in [0.2, 0.25) is 0 Å². The molecule has 13 heavy (non-hydrogen) atoms. The molecule has 1 unspecified atom stereocenters. The Kier molecular flexibility index (Phi) is 7.93. The third-order valence-corrected chi connectivity index (χ3v) is 1.88. The topological polar surface area (TPSA) is 23.8 Å². The molecule has 1 heteroatoms. The molecule has 0 saturated heterocycles. The standard InChI is InChI=1S/C12H17N/c1-3-9-12(4-2)10-7-5-6-8-11-13/h3-6,12H,1-2,7-10H2/b6-5-. The Bertz CT molecular complexity index is 208. The van der Waals surface area contributed by atoms with E-state index in [0.29, 0.717) is 12.3 Å². The van der Waals surface area contributed by atoms with E-state index in [2.05, 4.69) is 25.3 Å². The van der Waals surface area contributed by atoms with Gasteiger partial charge in [-0.1, -0.05) is 24.3 Å². The van der Waals surface area contributed by atoms with Gasteiger partial charge in [-0.15, -0.1) is 13.2 Å². The largest absolute Gasteiger partial charge is 0.198 e. The van der Waals surface area contributed by atoms with Crippen LogP contribution in [0.25, 0.3) is 0 Å². The average molecular weight is 175 g/mol. The molecule has 0 saturated carbocycles. The van der Waals surface area contributed by atoms with Crippen LogP contribution in [0.1, 0.15) is 25.7 Å². The van der Waals surface area contributed by atoms with Crippen LogP contribution in [0.4, 0.5) is 0 Å². The van der Waals surface area contributed by atoms with Gasteiger partial charge in [0.2, 0.25) is 0 Å². The highest BCUT2D eigenvalue weighted by Crippen LogP contribution is 2.12. The molecule has 70 valence electrons. The molecule has 0 heterocycles. The van der Waals surface area contributed by atoms with Crippen molar-refractivity contribution in [3.63, 3.8) is 0 Å². The summed E-state index contributed by atoms with van der Waals surface area (Å²) in [6.07, 6.45) is 11.5. The first-order valence-corrected chi connectivity index (χ1v) is 4.60. The Labute approximate surface area is 81.1 Å². The zero-order valence-electron chi connectivity index (χ0n) is 8.08. The van der Waals surface area contributed by atoms with Gasteiger partial charge in [0.1, 0.15) is 0 Å². The molecule has 0 bridgehead atoms. The molecule has 0 aliphatic rings. The normalized spacial score (nSPS) is 12.2. The fourth-order valence-electron chi connectivity index (χ4n) is 1.11. The number of rotatable bonds is 7. The first-order valence-electron chi connectivity index (χ1n) is 4.60. The average Bonchev–Trinajstić information content (AvgIpc) is 2.16. The van der Waals surface area contributed by atoms with Gasteiger partial charge >= 0.3 is 0 Å². The van der Waals surface area contributed by atoms with Gasteiger partial charge < -0.3 is 0 Å². The Balaban J connectivity index is 3.54. The molecule has 0 rings (SSSR count). The van der Waals surface area contributed by atoms with Crippen LogP contribution in [0.5, 0.6) is 0 Å². The molecule has 0 aromatic carbocycles. The van der Waals surface area contributed by atoms with Crippen LogP contribution < -0.4 is 0 Å². The first kappa shape index (κ1) is 11.7. The van der Waals surface area contributed by atoms with Gasteiger partial charge in [0, 0.05) is 0 Å².